The molecule has 0 amide bonds. The first kappa shape index (κ1) is 15.5. The minimum absolute atomic E-state index is 0.254. The van der Waals surface area contributed by atoms with E-state index in [1.807, 2.05) is 0 Å². The van der Waals surface area contributed by atoms with Crippen LogP contribution in [0, 0.1) is 0 Å². The number of hydrogen-bond acceptors (Lipinski definition) is 3. The Balaban J connectivity index is 2.12. The summed E-state index contributed by atoms with van der Waals surface area (Å²) < 4.78 is 25.7. The van der Waals surface area contributed by atoms with Crippen molar-refractivity contribution in [2.75, 3.05) is 0 Å². The molecule has 22 heavy (non-hydrogen) atoms. The molecule has 120 valence electrons. The molecule has 1 aromatic rings. The third kappa shape index (κ3) is 2.35. The molecule has 1 aromatic carbocycles. The normalized spacial score (nSPS) is 22.0. The Morgan fingerprint density at radius 1 is 1.05 bits per heavy atom. The van der Waals surface area contributed by atoms with Gasteiger partial charge in [0.25, 0.3) is 0 Å². The quantitative estimate of drug-likeness (QED) is 0.923. The van der Waals surface area contributed by atoms with Crippen LogP contribution in [0.5, 0.6) is 0 Å². The maximum Gasteiger partial charge on any atom is 0.314 e. The van der Waals surface area contributed by atoms with E-state index >= 15 is 0 Å². The van der Waals surface area contributed by atoms with E-state index in [1.54, 1.807) is 24.3 Å². The van der Waals surface area contributed by atoms with Crippen LogP contribution in [0.3, 0.4) is 0 Å². The van der Waals surface area contributed by atoms with Crippen molar-refractivity contribution in [1.82, 2.24) is 0 Å². The van der Waals surface area contributed by atoms with Crippen LogP contribution < -0.4 is 0 Å². The Morgan fingerprint density at radius 3 is 2.23 bits per heavy atom. The Kier molecular flexibility index (Phi) is 4.02. The lowest BCUT2D eigenvalue weighted by Crippen LogP contribution is -2.40. The lowest BCUT2D eigenvalue weighted by atomic mass is 9.69. The van der Waals surface area contributed by atoms with Gasteiger partial charge in [-0.25, -0.2) is 8.42 Å². The SMILES string of the molecule is O=C(O)C1(c2ccccc2S(=O)(=O)C2CCC2)CCCCC1. The lowest BCUT2D eigenvalue weighted by Gasteiger charge is -2.36. The zero-order chi connectivity index (χ0) is 15.8. The van der Waals surface area contributed by atoms with Crippen LogP contribution in [0.2, 0.25) is 0 Å². The van der Waals surface area contributed by atoms with Crippen LogP contribution in [0.15, 0.2) is 29.2 Å². The van der Waals surface area contributed by atoms with Gasteiger partial charge in [-0.1, -0.05) is 43.9 Å². The van der Waals surface area contributed by atoms with E-state index in [4.69, 9.17) is 0 Å². The van der Waals surface area contributed by atoms with Gasteiger partial charge >= 0.3 is 5.97 Å². The van der Waals surface area contributed by atoms with E-state index in [9.17, 15) is 18.3 Å². The number of carboxylic acids is 1. The van der Waals surface area contributed by atoms with Crippen LogP contribution in [0.4, 0.5) is 0 Å². The van der Waals surface area contributed by atoms with Crippen molar-refractivity contribution >= 4 is 15.8 Å². The summed E-state index contributed by atoms with van der Waals surface area (Å²) in [7, 11) is -3.42. The highest BCUT2D eigenvalue weighted by Crippen LogP contribution is 2.44. The van der Waals surface area contributed by atoms with Crippen molar-refractivity contribution in [3.63, 3.8) is 0 Å². The summed E-state index contributed by atoms with van der Waals surface area (Å²) in [6, 6.07) is 6.77. The second-order valence-electron chi connectivity index (χ2n) is 6.54. The van der Waals surface area contributed by atoms with Crippen LogP contribution >= 0.6 is 0 Å². The highest BCUT2D eigenvalue weighted by Gasteiger charge is 2.45. The standard InChI is InChI=1S/C17H22O4S/c18-16(19)17(11-4-1-5-12-17)14-9-2-3-10-15(14)22(20,21)13-7-6-8-13/h2-3,9-10,13H,1,4-8,11-12H2,(H,18,19). The van der Waals surface area contributed by atoms with E-state index in [0.29, 0.717) is 31.2 Å². The summed E-state index contributed by atoms with van der Waals surface area (Å²) in [5.41, 5.74) is -0.528. The maximum absolute atomic E-state index is 12.8. The van der Waals surface area contributed by atoms with Gasteiger partial charge in [-0.05, 0) is 37.3 Å². The lowest BCUT2D eigenvalue weighted by molar-refractivity contribution is -0.145. The Bertz CT molecular complexity index is 668. The first-order valence-electron chi connectivity index (χ1n) is 8.05. The van der Waals surface area contributed by atoms with Crippen molar-refractivity contribution in [3.05, 3.63) is 29.8 Å². The third-order valence-electron chi connectivity index (χ3n) is 5.32. The molecular formula is C17H22O4S. The van der Waals surface area contributed by atoms with Gasteiger partial charge in [-0.3, -0.25) is 4.79 Å². The fourth-order valence-electron chi connectivity index (χ4n) is 3.72. The summed E-state index contributed by atoms with van der Waals surface area (Å²) in [5.74, 6) is -0.886. The summed E-state index contributed by atoms with van der Waals surface area (Å²) in [6.45, 7) is 0. The molecule has 0 aromatic heterocycles. The number of carbonyl (C=O) groups is 1. The molecule has 0 heterocycles. The average Bonchev–Trinajstić information content (AvgIpc) is 2.45. The van der Waals surface area contributed by atoms with Gasteiger partial charge in [0.1, 0.15) is 0 Å². The molecular weight excluding hydrogens is 300 g/mol. The molecule has 4 nitrogen and oxygen atoms in total. The topological polar surface area (TPSA) is 71.4 Å². The van der Waals surface area contributed by atoms with Gasteiger partial charge in [0, 0.05) is 0 Å². The number of hydrogen-bond donors (Lipinski definition) is 1. The Labute approximate surface area is 131 Å². The van der Waals surface area contributed by atoms with Crippen LogP contribution in [-0.4, -0.2) is 24.7 Å². The number of carboxylic acid groups (broad SMARTS) is 1. The van der Waals surface area contributed by atoms with Crippen molar-refractivity contribution in [2.24, 2.45) is 0 Å². The second kappa shape index (κ2) is 5.69. The molecule has 0 atom stereocenters. The van der Waals surface area contributed by atoms with Gasteiger partial charge in [0.05, 0.1) is 15.6 Å². The van der Waals surface area contributed by atoms with Gasteiger partial charge in [-0.2, -0.15) is 0 Å². The van der Waals surface area contributed by atoms with Gasteiger partial charge in [0.15, 0.2) is 9.84 Å². The molecule has 2 saturated carbocycles. The molecule has 0 radical (unpaired) electrons. The summed E-state index contributed by atoms with van der Waals surface area (Å²) in [6.07, 6.45) is 6.07. The summed E-state index contributed by atoms with van der Waals surface area (Å²) in [4.78, 5) is 12.3. The minimum Gasteiger partial charge on any atom is -0.481 e. The molecule has 2 aliphatic rings. The zero-order valence-electron chi connectivity index (χ0n) is 12.6. The number of rotatable bonds is 4. The average molecular weight is 322 g/mol. The first-order chi connectivity index (χ1) is 10.5. The maximum atomic E-state index is 12.8. The molecule has 0 aliphatic heterocycles. The van der Waals surface area contributed by atoms with Crippen molar-refractivity contribution in [2.45, 2.75) is 66.9 Å². The molecule has 0 spiro atoms. The monoisotopic (exact) mass is 322 g/mol. The predicted molar refractivity (Wildman–Crippen MR) is 83.7 cm³/mol. The smallest absolute Gasteiger partial charge is 0.314 e. The molecule has 2 aliphatic carbocycles. The minimum atomic E-state index is -3.42. The first-order valence-corrected chi connectivity index (χ1v) is 9.60. The molecule has 1 N–H and O–H groups in total. The fourth-order valence-corrected chi connectivity index (χ4v) is 5.88. The van der Waals surface area contributed by atoms with E-state index in [-0.39, 0.29) is 10.1 Å². The van der Waals surface area contributed by atoms with Gasteiger partial charge in [-0.15, -0.1) is 0 Å². The molecule has 3 rings (SSSR count). The van der Waals surface area contributed by atoms with Gasteiger partial charge in [0.2, 0.25) is 0 Å². The predicted octanol–water partition coefficient (Wildman–Crippen LogP) is 3.30. The number of aliphatic carboxylic acids is 1. The Hall–Kier alpha value is -1.36. The number of sulfone groups is 1. The number of benzene rings is 1. The largest absolute Gasteiger partial charge is 0.481 e. The third-order valence-corrected chi connectivity index (χ3v) is 7.63. The molecule has 0 bridgehead atoms. The fraction of sp³-hybridized carbons (Fsp3) is 0.588. The van der Waals surface area contributed by atoms with E-state index in [1.165, 1.54) is 0 Å². The highest BCUT2D eigenvalue weighted by molar-refractivity contribution is 7.92. The molecule has 2 fully saturated rings. The zero-order valence-corrected chi connectivity index (χ0v) is 13.4. The molecule has 0 unspecified atom stereocenters. The van der Waals surface area contributed by atoms with E-state index in [2.05, 4.69) is 0 Å². The van der Waals surface area contributed by atoms with Crippen molar-refractivity contribution < 1.29 is 18.3 Å². The highest BCUT2D eigenvalue weighted by atomic mass is 32.2. The van der Waals surface area contributed by atoms with Crippen LogP contribution in [0.25, 0.3) is 0 Å². The van der Waals surface area contributed by atoms with Crippen molar-refractivity contribution in [3.8, 4) is 0 Å². The van der Waals surface area contributed by atoms with E-state index < -0.39 is 21.2 Å². The van der Waals surface area contributed by atoms with Gasteiger partial charge < -0.3 is 5.11 Å². The van der Waals surface area contributed by atoms with Crippen LogP contribution in [-0.2, 0) is 20.0 Å². The molecule has 0 saturated heterocycles. The van der Waals surface area contributed by atoms with Crippen molar-refractivity contribution in [1.29, 1.82) is 0 Å². The summed E-state index contributed by atoms with van der Waals surface area (Å²) >= 11 is 0. The second-order valence-corrected chi connectivity index (χ2v) is 8.74. The molecule has 5 heteroatoms. The Morgan fingerprint density at radius 2 is 1.68 bits per heavy atom. The van der Waals surface area contributed by atoms with Crippen LogP contribution in [0.1, 0.15) is 56.9 Å². The summed E-state index contributed by atoms with van der Waals surface area (Å²) in [5, 5.41) is 9.52. The van der Waals surface area contributed by atoms with E-state index in [0.717, 1.165) is 25.7 Å².